The van der Waals surface area contributed by atoms with E-state index in [4.69, 9.17) is 0 Å². The molecule has 1 atom stereocenters. The van der Waals surface area contributed by atoms with Crippen molar-refractivity contribution in [2.45, 2.75) is 25.4 Å². The van der Waals surface area contributed by atoms with Crippen molar-refractivity contribution in [3.63, 3.8) is 0 Å². The lowest BCUT2D eigenvalue weighted by Gasteiger charge is -2.30. The van der Waals surface area contributed by atoms with E-state index < -0.39 is 17.4 Å². The van der Waals surface area contributed by atoms with Crippen LogP contribution in [0, 0.1) is 0 Å². The summed E-state index contributed by atoms with van der Waals surface area (Å²) in [5.74, 6) is -1.68. The Morgan fingerprint density at radius 1 is 1.04 bits per heavy atom. The fourth-order valence-electron chi connectivity index (χ4n) is 3.35. The van der Waals surface area contributed by atoms with E-state index in [1.165, 1.54) is 9.13 Å². The lowest BCUT2D eigenvalue weighted by molar-refractivity contribution is -0.148. The van der Waals surface area contributed by atoms with Gasteiger partial charge in [0.05, 0.1) is 11.0 Å². The van der Waals surface area contributed by atoms with Crippen LogP contribution in [0.4, 0.5) is 0 Å². The number of aromatic nitrogens is 2. The lowest BCUT2D eigenvalue weighted by atomic mass is 9.87. The highest BCUT2D eigenvalue weighted by Crippen LogP contribution is 2.25. The molecule has 0 aliphatic heterocycles. The fraction of sp³-hybridized carbons (Fsp3) is 0.250. The lowest BCUT2D eigenvalue weighted by Crippen LogP contribution is -2.52. The quantitative estimate of drug-likeness (QED) is 0.695. The Bertz CT molecular complexity index is 1050. The number of aliphatic carboxylic acids is 1. The van der Waals surface area contributed by atoms with Gasteiger partial charge in [-0.1, -0.05) is 49.4 Å². The van der Waals surface area contributed by atoms with Crippen LogP contribution in [0.3, 0.4) is 0 Å². The van der Waals surface area contributed by atoms with Gasteiger partial charge in [-0.15, -0.1) is 0 Å². The second-order valence-electron chi connectivity index (χ2n) is 6.39. The maximum Gasteiger partial charge on any atom is 0.334 e. The van der Waals surface area contributed by atoms with E-state index in [0.717, 1.165) is 0 Å². The number of benzene rings is 2. The first kappa shape index (κ1) is 18.4. The smallest absolute Gasteiger partial charge is 0.334 e. The van der Waals surface area contributed by atoms with Gasteiger partial charge in [0.25, 0.3) is 0 Å². The van der Waals surface area contributed by atoms with Crippen LogP contribution >= 0.6 is 0 Å². The van der Waals surface area contributed by atoms with Crippen LogP contribution < -0.4 is 11.0 Å². The zero-order chi connectivity index (χ0) is 19.6. The molecule has 140 valence electrons. The van der Waals surface area contributed by atoms with Gasteiger partial charge in [0.1, 0.15) is 6.54 Å². The molecular formula is C20H21N3O4. The zero-order valence-corrected chi connectivity index (χ0v) is 15.2. The molecule has 0 aliphatic rings. The van der Waals surface area contributed by atoms with Crippen LogP contribution in [0.1, 0.15) is 18.9 Å². The summed E-state index contributed by atoms with van der Waals surface area (Å²) in [5.41, 5.74) is -0.0651. The molecule has 0 saturated heterocycles. The van der Waals surface area contributed by atoms with Gasteiger partial charge in [0.2, 0.25) is 5.91 Å². The Kier molecular flexibility index (Phi) is 4.85. The molecule has 3 aromatic rings. The van der Waals surface area contributed by atoms with E-state index >= 15 is 0 Å². The number of fused-ring (bicyclic) bond motifs is 1. The molecule has 0 radical (unpaired) electrons. The second kappa shape index (κ2) is 7.11. The third-order valence-electron chi connectivity index (χ3n) is 4.87. The molecular weight excluding hydrogens is 346 g/mol. The first-order chi connectivity index (χ1) is 12.9. The largest absolute Gasteiger partial charge is 0.479 e. The molecule has 2 aromatic carbocycles. The number of imidazole rings is 1. The van der Waals surface area contributed by atoms with E-state index in [2.05, 4.69) is 5.32 Å². The van der Waals surface area contributed by atoms with Gasteiger partial charge in [-0.3, -0.25) is 13.9 Å². The van der Waals surface area contributed by atoms with Crippen LogP contribution in [-0.2, 0) is 28.7 Å². The maximum atomic E-state index is 12.7. The third kappa shape index (κ3) is 3.12. The van der Waals surface area contributed by atoms with E-state index in [0.29, 0.717) is 16.6 Å². The van der Waals surface area contributed by atoms with Crippen molar-refractivity contribution in [3.8, 4) is 0 Å². The number of rotatable bonds is 6. The minimum Gasteiger partial charge on any atom is -0.479 e. The molecule has 0 spiro atoms. The van der Waals surface area contributed by atoms with Gasteiger partial charge in [-0.25, -0.2) is 9.59 Å². The summed E-state index contributed by atoms with van der Waals surface area (Å²) < 4.78 is 2.81. The summed E-state index contributed by atoms with van der Waals surface area (Å²) in [6.07, 6.45) is 0.169. The van der Waals surface area contributed by atoms with Gasteiger partial charge < -0.3 is 10.4 Å². The Morgan fingerprint density at radius 2 is 1.63 bits per heavy atom. The van der Waals surface area contributed by atoms with Crippen LogP contribution in [-0.4, -0.2) is 26.1 Å². The standard InChI is InChI=1S/C20H21N3O4/c1-3-20(18(25)26,14-9-5-4-6-10-14)21-17(24)13-23-16-12-8-7-11-15(16)22(2)19(23)27/h4-12H,3,13H2,1-2H3,(H,21,24)(H,25,26). The molecule has 27 heavy (non-hydrogen) atoms. The Labute approximate surface area is 155 Å². The maximum absolute atomic E-state index is 12.7. The molecule has 1 amide bonds. The highest BCUT2D eigenvalue weighted by molar-refractivity contribution is 5.89. The second-order valence-corrected chi connectivity index (χ2v) is 6.39. The van der Waals surface area contributed by atoms with Crippen molar-refractivity contribution in [3.05, 3.63) is 70.6 Å². The first-order valence-electron chi connectivity index (χ1n) is 8.65. The Balaban J connectivity index is 1.96. The van der Waals surface area contributed by atoms with Crippen molar-refractivity contribution in [1.29, 1.82) is 0 Å². The van der Waals surface area contributed by atoms with Crippen LogP contribution in [0.15, 0.2) is 59.4 Å². The molecule has 1 heterocycles. The molecule has 0 aliphatic carbocycles. The van der Waals surface area contributed by atoms with Crippen molar-refractivity contribution < 1.29 is 14.7 Å². The Hall–Kier alpha value is -3.35. The Morgan fingerprint density at radius 3 is 2.22 bits per heavy atom. The van der Waals surface area contributed by atoms with Gasteiger partial charge >= 0.3 is 11.7 Å². The average molecular weight is 367 g/mol. The highest BCUT2D eigenvalue weighted by Gasteiger charge is 2.40. The monoisotopic (exact) mass is 367 g/mol. The molecule has 0 fully saturated rings. The van der Waals surface area contributed by atoms with Crippen LogP contribution in [0.25, 0.3) is 11.0 Å². The number of nitrogens with zero attached hydrogens (tertiary/aromatic N) is 2. The van der Waals surface area contributed by atoms with Gasteiger partial charge in [-0.05, 0) is 24.1 Å². The predicted octanol–water partition coefficient (Wildman–Crippen LogP) is 1.85. The van der Waals surface area contributed by atoms with E-state index in [-0.39, 0.29) is 18.7 Å². The first-order valence-corrected chi connectivity index (χ1v) is 8.65. The number of hydrogen-bond donors (Lipinski definition) is 2. The van der Waals surface area contributed by atoms with Crippen molar-refractivity contribution in [2.24, 2.45) is 7.05 Å². The number of aryl methyl sites for hydroxylation is 1. The minimum atomic E-state index is -1.55. The molecule has 0 saturated carbocycles. The summed E-state index contributed by atoms with van der Waals surface area (Å²) in [7, 11) is 1.64. The number of nitrogens with one attached hydrogen (secondary N) is 1. The normalized spacial score (nSPS) is 13.3. The summed E-state index contributed by atoms with van der Waals surface area (Å²) in [6, 6.07) is 15.7. The van der Waals surface area contributed by atoms with Crippen LogP contribution in [0.5, 0.6) is 0 Å². The molecule has 1 aromatic heterocycles. The number of carboxylic acids is 1. The number of carboxylic acid groups (broad SMARTS) is 1. The average Bonchev–Trinajstić information content (AvgIpc) is 2.92. The summed E-state index contributed by atoms with van der Waals surface area (Å²) in [6.45, 7) is 1.44. The molecule has 3 rings (SSSR count). The van der Waals surface area contributed by atoms with Crippen LogP contribution in [0.2, 0.25) is 0 Å². The van der Waals surface area contributed by atoms with Crippen molar-refractivity contribution >= 4 is 22.9 Å². The van der Waals surface area contributed by atoms with Gasteiger partial charge in [0, 0.05) is 7.05 Å². The van der Waals surface area contributed by atoms with Crippen molar-refractivity contribution in [1.82, 2.24) is 14.5 Å². The van der Waals surface area contributed by atoms with E-state index in [9.17, 15) is 19.5 Å². The molecule has 7 nitrogen and oxygen atoms in total. The summed E-state index contributed by atoms with van der Waals surface area (Å²) in [4.78, 5) is 37.3. The number of amides is 1. The third-order valence-corrected chi connectivity index (χ3v) is 4.87. The molecule has 2 N–H and O–H groups in total. The highest BCUT2D eigenvalue weighted by atomic mass is 16.4. The molecule has 7 heteroatoms. The number of para-hydroxylation sites is 2. The topological polar surface area (TPSA) is 93.3 Å². The number of hydrogen-bond acceptors (Lipinski definition) is 3. The fourth-order valence-corrected chi connectivity index (χ4v) is 3.35. The van der Waals surface area contributed by atoms with E-state index in [1.807, 2.05) is 6.07 Å². The predicted molar refractivity (Wildman–Crippen MR) is 101 cm³/mol. The molecule has 1 unspecified atom stereocenters. The zero-order valence-electron chi connectivity index (χ0n) is 15.2. The number of carbonyl (C=O) groups is 2. The van der Waals surface area contributed by atoms with Gasteiger partial charge in [0.15, 0.2) is 5.54 Å². The SMILES string of the molecule is CCC(NC(=O)Cn1c(=O)n(C)c2ccccc21)(C(=O)O)c1ccccc1. The molecule has 0 bridgehead atoms. The van der Waals surface area contributed by atoms with Gasteiger partial charge in [-0.2, -0.15) is 0 Å². The minimum absolute atomic E-state index is 0.169. The number of carbonyl (C=O) groups excluding carboxylic acids is 1. The van der Waals surface area contributed by atoms with Crippen molar-refractivity contribution in [2.75, 3.05) is 0 Å². The van der Waals surface area contributed by atoms with E-state index in [1.54, 1.807) is 62.5 Å². The summed E-state index contributed by atoms with van der Waals surface area (Å²) >= 11 is 0. The summed E-state index contributed by atoms with van der Waals surface area (Å²) in [5, 5.41) is 12.5.